The van der Waals surface area contributed by atoms with E-state index >= 15 is 0 Å². The number of phenols is 1. The number of benzene rings is 2. The van der Waals surface area contributed by atoms with Crippen molar-refractivity contribution in [1.82, 2.24) is 5.16 Å². The van der Waals surface area contributed by atoms with Gasteiger partial charge in [-0.2, -0.15) is 5.26 Å². The first-order chi connectivity index (χ1) is 12.2. The summed E-state index contributed by atoms with van der Waals surface area (Å²) in [6.07, 6.45) is 0. The molecule has 0 radical (unpaired) electrons. The number of rotatable bonds is 2. The van der Waals surface area contributed by atoms with Crippen LogP contribution in [0.15, 0.2) is 70.5 Å². The van der Waals surface area contributed by atoms with E-state index in [1.807, 2.05) is 36.4 Å². The minimum atomic E-state index is -0.397. The Morgan fingerprint density at radius 1 is 1.16 bits per heavy atom. The van der Waals surface area contributed by atoms with Crippen LogP contribution in [0.1, 0.15) is 17.0 Å². The van der Waals surface area contributed by atoms with E-state index in [1.54, 1.807) is 18.2 Å². The predicted octanol–water partition coefficient (Wildman–Crippen LogP) is 3.30. The molecule has 25 heavy (non-hydrogen) atoms. The number of nitrogens with one attached hydrogen (secondary N) is 1. The summed E-state index contributed by atoms with van der Waals surface area (Å²) in [5, 5.41) is 26.5. The van der Waals surface area contributed by atoms with Crippen molar-refractivity contribution in [2.24, 2.45) is 5.73 Å². The third-order valence-corrected chi connectivity index (χ3v) is 4.22. The second kappa shape index (κ2) is 5.73. The van der Waals surface area contributed by atoms with E-state index in [0.717, 1.165) is 11.1 Å². The van der Waals surface area contributed by atoms with Crippen LogP contribution >= 0.6 is 0 Å². The van der Waals surface area contributed by atoms with Gasteiger partial charge in [0.15, 0.2) is 0 Å². The highest BCUT2D eigenvalue weighted by Crippen LogP contribution is 2.45. The zero-order chi connectivity index (χ0) is 17.4. The van der Waals surface area contributed by atoms with E-state index in [-0.39, 0.29) is 11.6 Å². The first-order valence-corrected chi connectivity index (χ1v) is 7.69. The number of nitrogens with two attached hydrogens (primary N) is 1. The highest BCUT2D eigenvalue weighted by molar-refractivity contribution is 5.75. The fourth-order valence-electron chi connectivity index (χ4n) is 3.11. The lowest BCUT2D eigenvalue weighted by molar-refractivity contribution is 0.435. The molecule has 4 N–H and O–H groups in total. The maximum atomic E-state index is 9.78. The Labute approximate surface area is 143 Å². The van der Waals surface area contributed by atoms with E-state index in [4.69, 9.17) is 10.3 Å². The molecule has 6 heteroatoms. The van der Waals surface area contributed by atoms with Crippen LogP contribution in [-0.4, -0.2) is 10.3 Å². The summed E-state index contributed by atoms with van der Waals surface area (Å²) >= 11 is 0. The Balaban J connectivity index is 1.96. The smallest absolute Gasteiger partial charge is 0.235 e. The van der Waals surface area contributed by atoms with Gasteiger partial charge in [-0.3, -0.25) is 0 Å². The Hall–Kier alpha value is -3.72. The average molecular weight is 330 g/mol. The lowest BCUT2D eigenvalue weighted by Crippen LogP contribution is -2.22. The molecule has 1 aliphatic rings. The normalized spacial score (nSPS) is 16.0. The molecule has 0 unspecified atom stereocenters. The summed E-state index contributed by atoms with van der Waals surface area (Å²) in [6, 6.07) is 18.5. The molecule has 0 bridgehead atoms. The van der Waals surface area contributed by atoms with Gasteiger partial charge in [-0.05, 0) is 17.7 Å². The molecule has 0 saturated carbocycles. The fourth-order valence-corrected chi connectivity index (χ4v) is 3.11. The summed E-state index contributed by atoms with van der Waals surface area (Å²) in [7, 11) is 0. The largest absolute Gasteiger partial charge is 0.508 e. The Bertz CT molecular complexity index is 1020. The van der Waals surface area contributed by atoms with Gasteiger partial charge in [-0.15, -0.1) is 0 Å². The zero-order valence-corrected chi connectivity index (χ0v) is 13.1. The highest BCUT2D eigenvalue weighted by Gasteiger charge is 2.35. The summed E-state index contributed by atoms with van der Waals surface area (Å²) in [4.78, 5) is 0. The number of allylic oxidation sites excluding steroid dienone is 1. The molecular formula is C19H14N4O2. The summed E-state index contributed by atoms with van der Waals surface area (Å²) in [5.41, 5.74) is 9.33. The minimum Gasteiger partial charge on any atom is -0.508 e. The molecule has 0 fully saturated rings. The number of aromatic nitrogens is 1. The quantitative estimate of drug-likeness (QED) is 0.665. The minimum absolute atomic E-state index is 0.129. The highest BCUT2D eigenvalue weighted by atomic mass is 16.5. The molecule has 1 aromatic heterocycles. The second-order valence-corrected chi connectivity index (χ2v) is 5.73. The molecule has 122 valence electrons. The lowest BCUT2D eigenvalue weighted by Gasteiger charge is -2.24. The van der Waals surface area contributed by atoms with Gasteiger partial charge in [0.25, 0.3) is 0 Å². The van der Waals surface area contributed by atoms with Crippen molar-refractivity contribution in [2.75, 3.05) is 5.32 Å². The van der Waals surface area contributed by atoms with Crippen molar-refractivity contribution in [1.29, 1.82) is 5.26 Å². The van der Waals surface area contributed by atoms with Crippen LogP contribution in [0.2, 0.25) is 0 Å². The molecule has 2 heterocycles. The van der Waals surface area contributed by atoms with Gasteiger partial charge in [0.1, 0.15) is 17.3 Å². The molecule has 3 aromatic rings. The van der Waals surface area contributed by atoms with Crippen LogP contribution in [0.5, 0.6) is 5.75 Å². The molecule has 0 spiro atoms. The van der Waals surface area contributed by atoms with Gasteiger partial charge in [-0.1, -0.05) is 47.6 Å². The van der Waals surface area contributed by atoms with Crippen LogP contribution in [0.25, 0.3) is 11.3 Å². The molecular weight excluding hydrogens is 316 g/mol. The van der Waals surface area contributed by atoms with E-state index in [2.05, 4.69) is 16.5 Å². The molecule has 0 amide bonds. The van der Waals surface area contributed by atoms with E-state index in [1.165, 1.54) is 0 Å². The molecule has 0 saturated heterocycles. The topological polar surface area (TPSA) is 108 Å². The first-order valence-electron chi connectivity index (χ1n) is 7.69. The molecule has 4 rings (SSSR count). The van der Waals surface area contributed by atoms with Crippen molar-refractivity contribution < 1.29 is 9.63 Å². The maximum Gasteiger partial charge on any atom is 0.235 e. The van der Waals surface area contributed by atoms with Crippen LogP contribution in [0.4, 0.5) is 5.88 Å². The van der Waals surface area contributed by atoms with Gasteiger partial charge >= 0.3 is 0 Å². The van der Waals surface area contributed by atoms with Gasteiger partial charge < -0.3 is 20.7 Å². The summed E-state index contributed by atoms with van der Waals surface area (Å²) < 4.78 is 5.43. The summed E-state index contributed by atoms with van der Waals surface area (Å²) in [5.74, 6) is 0.391. The van der Waals surface area contributed by atoms with Crippen molar-refractivity contribution in [3.05, 3.63) is 77.1 Å². The Kier molecular flexibility index (Phi) is 3.40. The van der Waals surface area contributed by atoms with Gasteiger partial charge in [0.2, 0.25) is 5.88 Å². The second-order valence-electron chi connectivity index (χ2n) is 5.73. The van der Waals surface area contributed by atoms with Crippen LogP contribution in [0.3, 0.4) is 0 Å². The monoisotopic (exact) mass is 330 g/mol. The maximum absolute atomic E-state index is 9.78. The van der Waals surface area contributed by atoms with Crippen molar-refractivity contribution in [3.8, 4) is 23.1 Å². The number of hydrogen-bond acceptors (Lipinski definition) is 6. The predicted molar refractivity (Wildman–Crippen MR) is 92.3 cm³/mol. The number of aromatic hydroxyl groups is 1. The van der Waals surface area contributed by atoms with Crippen LogP contribution < -0.4 is 11.1 Å². The number of hydrogen-bond donors (Lipinski definition) is 3. The lowest BCUT2D eigenvalue weighted by atomic mass is 9.82. The Morgan fingerprint density at radius 2 is 1.96 bits per heavy atom. The fraction of sp³-hybridized carbons (Fsp3) is 0.0526. The van der Waals surface area contributed by atoms with E-state index in [0.29, 0.717) is 22.7 Å². The van der Waals surface area contributed by atoms with Crippen molar-refractivity contribution in [2.45, 2.75) is 5.92 Å². The van der Waals surface area contributed by atoms with Gasteiger partial charge in [0.05, 0.1) is 23.1 Å². The molecule has 2 aromatic carbocycles. The van der Waals surface area contributed by atoms with Gasteiger partial charge in [0, 0.05) is 5.56 Å². The molecule has 1 atom stereocenters. The van der Waals surface area contributed by atoms with Crippen LogP contribution in [0, 0.1) is 11.3 Å². The first kappa shape index (κ1) is 14.8. The average Bonchev–Trinajstić information content (AvgIpc) is 3.04. The van der Waals surface area contributed by atoms with Gasteiger partial charge in [-0.25, -0.2) is 0 Å². The molecule has 0 aliphatic carbocycles. The number of nitriles is 1. The Morgan fingerprint density at radius 3 is 2.68 bits per heavy atom. The molecule has 1 aliphatic heterocycles. The van der Waals surface area contributed by atoms with Crippen molar-refractivity contribution >= 4 is 5.88 Å². The van der Waals surface area contributed by atoms with Crippen LogP contribution in [-0.2, 0) is 0 Å². The number of fused-ring (bicyclic) bond motifs is 1. The standard InChI is InChI=1S/C19H14N4O2/c20-10-14-15(11-5-2-1-3-6-11)16-17(12-7-4-8-13(24)9-12)23-25-19(16)22-18(14)21/h1-9,15,22,24H,21H2/t15-/m0/s1. The number of nitrogens with zero attached hydrogens (tertiary/aromatic N) is 2. The van der Waals surface area contributed by atoms with E-state index < -0.39 is 5.92 Å². The summed E-state index contributed by atoms with van der Waals surface area (Å²) in [6.45, 7) is 0. The van der Waals surface area contributed by atoms with Crippen molar-refractivity contribution in [3.63, 3.8) is 0 Å². The number of phenolic OH excluding ortho intramolecular Hbond substituents is 1. The third-order valence-electron chi connectivity index (χ3n) is 4.22. The zero-order valence-electron chi connectivity index (χ0n) is 13.1. The molecule has 6 nitrogen and oxygen atoms in total. The van der Waals surface area contributed by atoms with E-state index in [9.17, 15) is 10.4 Å². The SMILES string of the molecule is N#CC1=C(N)Nc2onc(-c3cccc(O)c3)c2[C@H]1c1ccccc1. The number of anilines is 1. The third kappa shape index (κ3) is 2.39.